The summed E-state index contributed by atoms with van der Waals surface area (Å²) in [6.45, 7) is 7.29. The summed E-state index contributed by atoms with van der Waals surface area (Å²) in [6.07, 6.45) is 7.76. The topological polar surface area (TPSA) is 0 Å². The molecule has 0 spiro atoms. The second-order valence-electron chi connectivity index (χ2n) is 3.01. The van der Waals surface area contributed by atoms with E-state index in [9.17, 15) is 0 Å². The average Bonchev–Trinajstić information content (AvgIpc) is 1.97. The van der Waals surface area contributed by atoms with Crippen molar-refractivity contribution in [3.05, 3.63) is 45.6 Å². The Balaban J connectivity index is 4.20. The van der Waals surface area contributed by atoms with Gasteiger partial charge in [0.05, 0.1) is 0 Å². The molecule has 0 unspecified atom stereocenters. The zero-order valence-corrected chi connectivity index (χ0v) is 10.2. The van der Waals surface area contributed by atoms with Gasteiger partial charge in [-0.15, -0.1) is 0 Å². The third-order valence-electron chi connectivity index (χ3n) is 1.32. The summed E-state index contributed by atoms with van der Waals surface area (Å²) in [7, 11) is 0. The summed E-state index contributed by atoms with van der Waals surface area (Å²) in [6, 6.07) is 0. The molecule has 0 radical (unpaired) electrons. The van der Waals surface area contributed by atoms with E-state index < -0.39 is 18.4 Å². The first kappa shape index (κ1) is 10.8. The van der Waals surface area contributed by atoms with Crippen LogP contribution in [0.5, 0.6) is 0 Å². The van der Waals surface area contributed by atoms with Crippen LogP contribution in [0.25, 0.3) is 0 Å². The molecule has 11 heavy (non-hydrogen) atoms. The summed E-state index contributed by atoms with van der Waals surface area (Å²) < 4.78 is 4.61. The van der Waals surface area contributed by atoms with Crippen LogP contribution in [0.15, 0.2) is 45.6 Å². The fourth-order valence-electron chi connectivity index (χ4n) is 0.688. The number of hydrogen-bond donors (Lipinski definition) is 0. The van der Waals surface area contributed by atoms with Gasteiger partial charge in [-0.2, -0.15) is 0 Å². The summed E-state index contributed by atoms with van der Waals surface area (Å²) in [5.41, 5.74) is 0. The van der Waals surface area contributed by atoms with Crippen LogP contribution in [0.2, 0.25) is 9.88 Å². The summed E-state index contributed by atoms with van der Waals surface area (Å²) in [4.78, 5) is 4.68. The van der Waals surface area contributed by atoms with Gasteiger partial charge in [0.1, 0.15) is 0 Å². The van der Waals surface area contributed by atoms with Gasteiger partial charge < -0.3 is 0 Å². The van der Waals surface area contributed by atoms with Crippen LogP contribution in [0.3, 0.4) is 0 Å². The first-order valence-electron chi connectivity index (χ1n) is 3.73. The number of allylic oxidation sites excluding steroid dienone is 4. The molecular formula is C10H16Sn. The van der Waals surface area contributed by atoms with Crippen molar-refractivity contribution in [1.82, 2.24) is 0 Å². The molecule has 0 aliphatic rings. The van der Waals surface area contributed by atoms with Crippen molar-refractivity contribution in [1.29, 1.82) is 0 Å². The van der Waals surface area contributed by atoms with Gasteiger partial charge in [0.2, 0.25) is 0 Å². The quantitative estimate of drug-likeness (QED) is 0.534. The maximum absolute atomic E-state index is 3.65. The Morgan fingerprint density at radius 3 is 1.55 bits per heavy atom. The van der Waals surface area contributed by atoms with Crippen molar-refractivity contribution in [2.24, 2.45) is 0 Å². The molecule has 60 valence electrons. The van der Waals surface area contributed by atoms with Gasteiger partial charge in [0.15, 0.2) is 0 Å². The molecule has 0 fully saturated rings. The predicted molar refractivity (Wildman–Crippen MR) is 56.2 cm³/mol. The molecule has 0 aromatic rings. The molecule has 0 aromatic carbocycles. The molecule has 0 nitrogen and oxygen atoms in total. The van der Waals surface area contributed by atoms with E-state index in [2.05, 4.69) is 31.2 Å². The molecule has 0 aliphatic heterocycles. The molecule has 1 heteroatoms. The summed E-state index contributed by atoms with van der Waals surface area (Å²) in [5, 5.41) is 0. The van der Waals surface area contributed by atoms with Crippen LogP contribution in [0, 0.1) is 0 Å². The third kappa shape index (κ3) is 6.17. The second kappa shape index (κ2) is 5.41. The van der Waals surface area contributed by atoms with E-state index >= 15 is 0 Å². The number of hydrogen-bond acceptors (Lipinski definition) is 0. The van der Waals surface area contributed by atoms with Crippen molar-refractivity contribution in [3.8, 4) is 0 Å². The van der Waals surface area contributed by atoms with Gasteiger partial charge >= 0.3 is 73.9 Å². The van der Waals surface area contributed by atoms with E-state index in [-0.39, 0.29) is 0 Å². The molecule has 0 saturated heterocycles. The van der Waals surface area contributed by atoms with E-state index in [0.29, 0.717) is 0 Å². The Morgan fingerprint density at radius 1 is 0.909 bits per heavy atom. The molecular weight excluding hydrogens is 239 g/mol. The van der Waals surface area contributed by atoms with Gasteiger partial charge in [-0.1, -0.05) is 0 Å². The summed E-state index contributed by atoms with van der Waals surface area (Å²) >= 11 is -1.94. The van der Waals surface area contributed by atoms with E-state index in [1.165, 1.54) is 0 Å². The third-order valence-corrected chi connectivity index (χ3v) is 7.33. The van der Waals surface area contributed by atoms with Crippen LogP contribution >= 0.6 is 0 Å². The Hall–Kier alpha value is -0.241. The molecule has 0 saturated carbocycles. The first-order valence-corrected chi connectivity index (χ1v) is 12.7. The molecule has 0 aliphatic carbocycles. The van der Waals surface area contributed by atoms with Crippen LogP contribution < -0.4 is 0 Å². The van der Waals surface area contributed by atoms with Gasteiger partial charge in [-0.25, -0.2) is 0 Å². The SMILES string of the molecule is C=CC=[CH][Sn]([CH3])([CH3])[CH]=CC=C. The van der Waals surface area contributed by atoms with Crippen LogP contribution in [-0.4, -0.2) is 18.4 Å². The zero-order valence-electron chi connectivity index (χ0n) is 7.38. The monoisotopic (exact) mass is 256 g/mol. The molecule has 0 heterocycles. The van der Waals surface area contributed by atoms with Crippen molar-refractivity contribution in [2.45, 2.75) is 9.88 Å². The standard InChI is InChI=1S/2C4H5.2CH3.Sn/c2*1-3-4-2;;;/h2*1,3-4H,2H2;2*1H3;. The Kier molecular flexibility index (Phi) is 5.30. The Morgan fingerprint density at radius 2 is 1.27 bits per heavy atom. The van der Waals surface area contributed by atoms with E-state index in [1.807, 2.05) is 24.3 Å². The van der Waals surface area contributed by atoms with Crippen molar-refractivity contribution in [2.75, 3.05) is 0 Å². The average molecular weight is 255 g/mol. The fourth-order valence-corrected chi connectivity index (χ4v) is 4.61. The molecule has 0 N–H and O–H groups in total. The Labute approximate surface area is 73.9 Å². The van der Waals surface area contributed by atoms with Gasteiger partial charge in [-0.3, -0.25) is 0 Å². The first-order chi connectivity index (χ1) is 5.12. The maximum atomic E-state index is 3.65. The second-order valence-corrected chi connectivity index (χ2v) is 15.3. The van der Waals surface area contributed by atoms with Crippen LogP contribution in [0.1, 0.15) is 0 Å². The molecule has 0 aromatic heterocycles. The zero-order chi connectivity index (χ0) is 8.74. The van der Waals surface area contributed by atoms with E-state index in [1.54, 1.807) is 0 Å². The summed E-state index contributed by atoms with van der Waals surface area (Å²) in [5.74, 6) is 0. The fraction of sp³-hybridized carbons (Fsp3) is 0.200. The number of rotatable bonds is 4. The van der Waals surface area contributed by atoms with Crippen molar-refractivity contribution < 1.29 is 0 Å². The molecule has 0 bridgehead atoms. The van der Waals surface area contributed by atoms with E-state index in [0.717, 1.165) is 0 Å². The molecule has 0 rings (SSSR count). The Bertz CT molecular complexity index is 165. The van der Waals surface area contributed by atoms with Gasteiger partial charge in [0, 0.05) is 0 Å². The molecule has 0 amide bonds. The predicted octanol–water partition coefficient (Wildman–Crippen LogP) is 3.26. The van der Waals surface area contributed by atoms with Crippen molar-refractivity contribution in [3.63, 3.8) is 0 Å². The minimum absolute atomic E-state index is 1.83. The minimum atomic E-state index is -1.94. The van der Waals surface area contributed by atoms with Crippen LogP contribution in [0.4, 0.5) is 0 Å². The molecule has 0 atom stereocenters. The van der Waals surface area contributed by atoms with E-state index in [4.69, 9.17) is 0 Å². The van der Waals surface area contributed by atoms with Crippen LogP contribution in [-0.2, 0) is 0 Å². The van der Waals surface area contributed by atoms with Crippen molar-refractivity contribution >= 4 is 18.4 Å². The van der Waals surface area contributed by atoms with Gasteiger partial charge in [0.25, 0.3) is 0 Å². The normalized spacial score (nSPS) is 12.5. The van der Waals surface area contributed by atoms with Gasteiger partial charge in [-0.05, 0) is 0 Å².